The van der Waals surface area contributed by atoms with Gasteiger partial charge in [0.1, 0.15) is 24.0 Å². The van der Waals surface area contributed by atoms with Crippen LogP contribution < -0.4 is 5.32 Å². The van der Waals surface area contributed by atoms with Crippen LogP contribution in [0.5, 0.6) is 0 Å². The minimum absolute atomic E-state index is 0.0627. The number of hydrogen-bond donors (Lipinski definition) is 7. The standard InChI is InChI=1S/C47H68N2O11/c1-42-16-14-29(59-20-8-19-58-3)22-33(42)36(51)30-13-12-27-21-35-43(2,54)47(56,57)39-32(25-50)31-23-34(48-40(52)37(31)60-39)41(53)49-24-28(49)11-7-15-44(42)17-18-45(35,46(27,55)38(30)44)26-9-5-4-6-10-26/h26-29,31-35,37,39-40,48,50,52,54-57H,4-6,8-14,16-25H2,1-3H3. The van der Waals surface area contributed by atoms with E-state index in [1.54, 1.807) is 12.0 Å². The zero-order valence-corrected chi connectivity index (χ0v) is 35.7. The Bertz CT molecular complexity index is 1850. The zero-order chi connectivity index (χ0) is 42.2. The molecule has 0 aromatic heterocycles. The molecule has 4 saturated carbocycles. The lowest BCUT2D eigenvalue weighted by molar-refractivity contribution is -0.349. The van der Waals surface area contributed by atoms with E-state index in [-0.39, 0.29) is 48.0 Å². The Morgan fingerprint density at radius 2 is 1.73 bits per heavy atom. The zero-order valence-electron chi connectivity index (χ0n) is 35.7. The lowest BCUT2D eigenvalue weighted by Gasteiger charge is -2.69. The first-order valence-electron chi connectivity index (χ1n) is 23.4. The van der Waals surface area contributed by atoms with E-state index in [9.17, 15) is 35.4 Å². The predicted molar refractivity (Wildman–Crippen MR) is 216 cm³/mol. The van der Waals surface area contributed by atoms with Gasteiger partial charge in [0.2, 0.25) is 11.7 Å². The molecule has 13 heteroatoms. The highest BCUT2D eigenvalue weighted by Crippen LogP contribution is 2.79. The van der Waals surface area contributed by atoms with Crippen LogP contribution in [0.4, 0.5) is 0 Å². The third-order valence-electron chi connectivity index (χ3n) is 19.1. The molecule has 60 heavy (non-hydrogen) atoms. The number of fused-ring (bicyclic) bond motifs is 4. The Morgan fingerprint density at radius 1 is 0.950 bits per heavy atom. The number of carbonyl (C=O) groups excluding carboxylic acids is 2. The molecular weight excluding hydrogens is 769 g/mol. The van der Waals surface area contributed by atoms with E-state index in [1.807, 2.05) is 0 Å². The van der Waals surface area contributed by atoms with Crippen LogP contribution in [0.3, 0.4) is 0 Å². The number of ketones is 1. The number of aliphatic hydroxyl groups is 6. The van der Waals surface area contributed by atoms with Crippen molar-refractivity contribution in [2.24, 2.45) is 51.8 Å². The molecule has 5 aliphatic heterocycles. The fourth-order valence-electron chi connectivity index (χ4n) is 16.0. The highest BCUT2D eigenvalue weighted by atomic mass is 16.6. The van der Waals surface area contributed by atoms with Crippen LogP contribution in [0.15, 0.2) is 11.1 Å². The number of hydrogen-bond acceptors (Lipinski definition) is 12. The quantitative estimate of drug-likeness (QED) is 0.0857. The molecule has 16 atom stereocenters. The smallest absolute Gasteiger partial charge is 0.240 e. The molecule has 7 bridgehead atoms. The summed E-state index contributed by atoms with van der Waals surface area (Å²) >= 11 is 0. The summed E-state index contributed by atoms with van der Waals surface area (Å²) < 4.78 is 18.0. The number of rotatable bonds is 7. The predicted octanol–water partition coefficient (Wildman–Crippen LogP) is 2.32. The van der Waals surface area contributed by atoms with Gasteiger partial charge in [0.15, 0.2) is 5.78 Å². The number of Topliss-reactive ketones (excluding diaryl/α,β-unsaturated/α-hetero) is 1. The third-order valence-corrected chi connectivity index (χ3v) is 19.1. The molecular formula is C47H68N2O11. The number of methoxy groups -OCH3 is 1. The number of allylic oxidation sites excluding steroid dienone is 1. The van der Waals surface area contributed by atoms with Crippen LogP contribution >= 0.6 is 0 Å². The molecule has 11 rings (SSSR count). The summed E-state index contributed by atoms with van der Waals surface area (Å²) in [6, 6.07) is -0.907. The fourth-order valence-corrected chi connectivity index (χ4v) is 16.0. The van der Waals surface area contributed by atoms with Crippen molar-refractivity contribution in [2.75, 3.05) is 33.5 Å². The lowest BCUT2D eigenvalue weighted by Crippen LogP contribution is -2.73. The topological polar surface area (TPSA) is 198 Å². The number of nitrogens with one attached hydrogen (secondary N) is 1. The Hall–Kier alpha value is -1.96. The van der Waals surface area contributed by atoms with Crippen LogP contribution in [-0.4, -0.2) is 134 Å². The second kappa shape index (κ2) is 14.5. The Morgan fingerprint density at radius 3 is 2.48 bits per heavy atom. The van der Waals surface area contributed by atoms with E-state index >= 15 is 4.79 Å². The number of ether oxygens (including phenoxy) is 3. The van der Waals surface area contributed by atoms with Gasteiger partial charge in [-0.15, -0.1) is 5.92 Å². The molecule has 13 nitrogen and oxygen atoms in total. The maximum atomic E-state index is 15.3. The van der Waals surface area contributed by atoms with Crippen molar-refractivity contribution in [1.29, 1.82) is 0 Å². The van der Waals surface area contributed by atoms with Crippen molar-refractivity contribution >= 4 is 11.7 Å². The third kappa shape index (κ3) is 5.48. The number of nitrogens with zero attached hydrogens (tertiary/aromatic N) is 1. The number of amides is 1. The fraction of sp³-hybridized carbons (Fsp3) is 0.872. The summed E-state index contributed by atoms with van der Waals surface area (Å²) in [5, 5.41) is 78.4. The van der Waals surface area contributed by atoms with Gasteiger partial charge in [-0.2, -0.15) is 0 Å². The van der Waals surface area contributed by atoms with E-state index in [0.717, 1.165) is 50.5 Å². The Labute approximate surface area is 354 Å². The van der Waals surface area contributed by atoms with Crippen LogP contribution in [0.2, 0.25) is 0 Å². The van der Waals surface area contributed by atoms with Gasteiger partial charge >= 0.3 is 0 Å². The summed E-state index contributed by atoms with van der Waals surface area (Å²) in [5.41, 5.74) is -4.92. The number of piperidine rings is 1. The van der Waals surface area contributed by atoms with Gasteiger partial charge in [0, 0.05) is 63.1 Å². The van der Waals surface area contributed by atoms with Crippen molar-refractivity contribution in [3.63, 3.8) is 0 Å². The van der Waals surface area contributed by atoms with Crippen LogP contribution in [0.25, 0.3) is 0 Å². The molecule has 0 aromatic carbocycles. The minimum atomic E-state index is -2.93. The average Bonchev–Trinajstić information content (AvgIpc) is 3.80. The molecule has 0 aromatic rings. The molecule has 0 radical (unpaired) electrons. The van der Waals surface area contributed by atoms with Crippen molar-refractivity contribution in [3.8, 4) is 11.8 Å². The molecule has 7 fully saturated rings. The van der Waals surface area contributed by atoms with E-state index in [1.165, 1.54) is 6.92 Å². The van der Waals surface area contributed by atoms with Crippen molar-refractivity contribution in [3.05, 3.63) is 11.1 Å². The summed E-state index contributed by atoms with van der Waals surface area (Å²) in [7, 11) is 1.68. The van der Waals surface area contributed by atoms with Gasteiger partial charge in [-0.25, -0.2) is 0 Å². The van der Waals surface area contributed by atoms with Gasteiger partial charge in [-0.1, -0.05) is 32.1 Å². The first kappa shape index (κ1) is 42.0. The minimum Gasteiger partial charge on any atom is -0.396 e. The molecule has 6 aliphatic carbocycles. The van der Waals surface area contributed by atoms with E-state index < -0.39 is 82.1 Å². The normalized spacial score (nSPS) is 50.5. The maximum Gasteiger partial charge on any atom is 0.240 e. The van der Waals surface area contributed by atoms with Crippen molar-refractivity contribution in [1.82, 2.24) is 10.2 Å². The number of aliphatic hydroxyl groups excluding tert-OH is 2. The van der Waals surface area contributed by atoms with Crippen LogP contribution in [-0.2, 0) is 23.8 Å². The second-order valence-electron chi connectivity index (χ2n) is 21.3. The van der Waals surface area contributed by atoms with Gasteiger partial charge in [-0.05, 0) is 118 Å². The largest absolute Gasteiger partial charge is 0.396 e. The SMILES string of the molecule is COCCCOC1CCC2(C)C(C1)C(=O)C1=C3C24C#CCC2CN2C(=O)C2CC5C(CO)C(OC5C(O)N2)C(O)(O)C(C)(O)C2CC(CC1)C3(O)C2(C1CCCCC1)CC4. The average molecular weight is 837 g/mol. The molecule has 5 heterocycles. The van der Waals surface area contributed by atoms with Crippen molar-refractivity contribution in [2.45, 2.75) is 170 Å². The first-order chi connectivity index (χ1) is 28.6. The molecule has 16 unspecified atom stereocenters. The molecule has 1 spiro atoms. The summed E-state index contributed by atoms with van der Waals surface area (Å²) in [6.07, 6.45) is 6.53. The number of carbonyl (C=O) groups is 2. The monoisotopic (exact) mass is 836 g/mol. The van der Waals surface area contributed by atoms with E-state index in [0.29, 0.717) is 76.7 Å². The van der Waals surface area contributed by atoms with E-state index in [2.05, 4.69) is 24.1 Å². The second-order valence-corrected chi connectivity index (χ2v) is 21.3. The molecule has 7 N–H and O–H groups in total. The first-order valence-corrected chi connectivity index (χ1v) is 23.4. The van der Waals surface area contributed by atoms with Crippen molar-refractivity contribution < 1.29 is 54.4 Å². The van der Waals surface area contributed by atoms with Crippen LogP contribution in [0.1, 0.15) is 117 Å². The highest BCUT2D eigenvalue weighted by Gasteiger charge is 2.81. The Balaban J connectivity index is 1.16. The molecule has 1 amide bonds. The summed E-state index contributed by atoms with van der Waals surface area (Å²) in [6.45, 7) is 4.85. The molecule has 3 saturated heterocycles. The van der Waals surface area contributed by atoms with E-state index in [4.69, 9.17) is 14.2 Å². The van der Waals surface area contributed by atoms with Gasteiger partial charge in [0.25, 0.3) is 0 Å². The van der Waals surface area contributed by atoms with Crippen LogP contribution in [0, 0.1) is 63.6 Å². The summed E-state index contributed by atoms with van der Waals surface area (Å²) in [5.74, 6) is 1.32. The Kier molecular flexibility index (Phi) is 10.2. The van der Waals surface area contributed by atoms with Gasteiger partial charge < -0.3 is 49.7 Å². The van der Waals surface area contributed by atoms with Gasteiger partial charge in [0.05, 0.1) is 29.2 Å². The summed E-state index contributed by atoms with van der Waals surface area (Å²) in [4.78, 5) is 31.1. The maximum absolute atomic E-state index is 15.3. The van der Waals surface area contributed by atoms with Gasteiger partial charge in [-0.3, -0.25) is 14.9 Å². The highest BCUT2D eigenvalue weighted by molar-refractivity contribution is 6.01. The molecule has 332 valence electrons. The molecule has 11 aliphatic rings. The lowest BCUT2D eigenvalue weighted by atomic mass is 9.35.